The van der Waals surface area contributed by atoms with Gasteiger partial charge in [0.1, 0.15) is 17.3 Å². The van der Waals surface area contributed by atoms with E-state index in [-0.39, 0.29) is 60.3 Å². The summed E-state index contributed by atoms with van der Waals surface area (Å²) in [6, 6.07) is -3.33. The maximum atomic E-state index is 12.6. The molecule has 0 heterocycles. The average Bonchev–Trinajstić information content (AvgIpc) is 3.15. The molecule has 20 atom stereocenters. The molecule has 58 heavy (non-hydrogen) atoms. The highest BCUT2D eigenvalue weighted by Crippen LogP contribution is 2.49. The van der Waals surface area contributed by atoms with E-state index in [1.54, 1.807) is 0 Å². The molecule has 20 unspecified atom stereocenters. The minimum Gasteiger partial charge on any atom is -0.390 e. The third-order valence-electron chi connectivity index (χ3n) is 14.5. The number of rotatable bonds is 13. The minimum absolute atomic E-state index is 0.0227. The fourth-order valence-corrected chi connectivity index (χ4v) is 15.2. The van der Waals surface area contributed by atoms with Gasteiger partial charge in [0, 0.05) is 53.3 Å². The molecule has 6 aliphatic rings. The molecule has 334 valence electrons. The summed E-state index contributed by atoms with van der Waals surface area (Å²) < 4.78 is 78.3. The first kappa shape index (κ1) is 46.8. The van der Waals surface area contributed by atoms with Crippen molar-refractivity contribution in [2.75, 3.05) is 0 Å². The molecule has 6 aliphatic carbocycles. The average molecular weight is 905 g/mol. The smallest absolute Gasteiger partial charge is 0.270 e. The Balaban J connectivity index is 1.04. The Morgan fingerprint density at radius 3 is 1.64 bits per heavy atom. The van der Waals surface area contributed by atoms with Crippen molar-refractivity contribution in [1.29, 1.82) is 0 Å². The lowest BCUT2D eigenvalue weighted by Crippen LogP contribution is -2.59. The van der Waals surface area contributed by atoms with Crippen molar-refractivity contribution in [3.8, 4) is 0 Å². The molecule has 0 radical (unpaired) electrons. The molecule has 0 amide bonds. The number of hydrogen-bond acceptors (Lipinski definition) is 20. The van der Waals surface area contributed by atoms with Crippen molar-refractivity contribution in [3.05, 3.63) is 0 Å². The van der Waals surface area contributed by atoms with Gasteiger partial charge in [-0.1, -0.05) is 23.9 Å². The van der Waals surface area contributed by atoms with Crippen LogP contribution in [0.2, 0.25) is 0 Å². The number of fused-ring (bicyclic) bond motifs is 2. The zero-order valence-electron chi connectivity index (χ0n) is 32.6. The summed E-state index contributed by atoms with van der Waals surface area (Å²) in [5, 5.41) is 63.3. The van der Waals surface area contributed by atoms with Gasteiger partial charge in [0.25, 0.3) is 20.2 Å². The van der Waals surface area contributed by atoms with Gasteiger partial charge < -0.3 is 21.7 Å². The van der Waals surface area contributed by atoms with Gasteiger partial charge in [-0.2, -0.15) is 37.3 Å². The van der Waals surface area contributed by atoms with Crippen LogP contribution in [0.4, 0.5) is 0 Å². The Morgan fingerprint density at radius 2 is 1.10 bits per heavy atom. The van der Waals surface area contributed by atoms with Crippen LogP contribution in [0.5, 0.6) is 0 Å². The van der Waals surface area contributed by atoms with Crippen molar-refractivity contribution >= 4 is 44.3 Å². The molecule has 6 fully saturated rings. The number of nitrogens with two attached hydrogens (primary N) is 2. The van der Waals surface area contributed by atoms with Crippen LogP contribution in [0, 0.1) is 47.3 Å². The Labute approximate surface area is 348 Å². The van der Waals surface area contributed by atoms with Crippen molar-refractivity contribution < 1.29 is 65.4 Å². The largest absolute Gasteiger partial charge is 0.390 e. The van der Waals surface area contributed by atoms with Gasteiger partial charge in [-0.05, 0) is 113 Å². The monoisotopic (exact) mass is 904 g/mol. The van der Waals surface area contributed by atoms with E-state index in [1.165, 1.54) is 0 Å². The maximum Gasteiger partial charge on any atom is 0.270 e. The van der Waals surface area contributed by atoms with E-state index in [0.29, 0.717) is 31.1 Å². The molecular weight excluding hydrogens is 845 g/mol. The first-order chi connectivity index (χ1) is 27.4. The highest BCUT2D eigenvalue weighted by molar-refractivity contribution is 7.95. The predicted molar refractivity (Wildman–Crippen MR) is 211 cm³/mol. The van der Waals surface area contributed by atoms with E-state index < -0.39 is 84.2 Å². The molecule has 24 heteroatoms. The van der Waals surface area contributed by atoms with E-state index in [0.717, 1.165) is 62.6 Å². The molecule has 0 aromatic rings. The quantitative estimate of drug-likeness (QED) is 0.0427. The van der Waals surface area contributed by atoms with Gasteiger partial charge in [-0.25, -0.2) is 10.5 Å². The molecule has 6 rings (SSSR count). The van der Waals surface area contributed by atoms with E-state index in [1.807, 2.05) is 0 Å². The first-order valence-corrected chi connectivity index (χ1v) is 24.9. The van der Waals surface area contributed by atoms with Crippen LogP contribution in [0.15, 0.2) is 20.5 Å². The summed E-state index contributed by atoms with van der Waals surface area (Å²) in [5.41, 5.74) is 12.8. The number of nitrogens with zero attached hydrogens (tertiary/aromatic N) is 4. The predicted octanol–water partition coefficient (Wildman–Crippen LogP) is 3.86. The molecule has 0 aromatic carbocycles. The van der Waals surface area contributed by atoms with Crippen LogP contribution in [0.3, 0.4) is 0 Å². The third-order valence-corrected chi connectivity index (χ3v) is 18.6. The summed E-state index contributed by atoms with van der Waals surface area (Å²) in [6.07, 6.45) is 4.40. The SMILES string of the molecule is CC1CC(C2CCC(N=NC3C(O)C4C(N)CC(SOOO)CC4CC3S(=O)(=O)O)C(C)C2)CCC1N=NC1C(SOOO)CC2CC(S(=O)(=O)O)CC(N)C2C1O. The van der Waals surface area contributed by atoms with E-state index in [4.69, 9.17) is 31.4 Å². The topological polar surface area (TPSA) is 328 Å². The lowest BCUT2D eigenvalue weighted by atomic mass is 9.65. The van der Waals surface area contributed by atoms with E-state index in [2.05, 4.69) is 43.6 Å². The molecule has 6 saturated carbocycles. The van der Waals surface area contributed by atoms with Gasteiger partial charge in [0.2, 0.25) is 0 Å². The van der Waals surface area contributed by atoms with Gasteiger partial charge in [-0.15, -0.1) is 8.67 Å². The summed E-state index contributed by atoms with van der Waals surface area (Å²) in [6.45, 7) is 4.26. The summed E-state index contributed by atoms with van der Waals surface area (Å²) in [4.78, 5) is 0. The molecule has 0 spiro atoms. The van der Waals surface area contributed by atoms with Crippen LogP contribution < -0.4 is 11.5 Å². The molecular formula is C34H60N6O14S4. The summed E-state index contributed by atoms with van der Waals surface area (Å²) in [5.74, 6) is -0.334. The van der Waals surface area contributed by atoms with Gasteiger partial charge in [-0.3, -0.25) is 9.11 Å². The fourth-order valence-electron chi connectivity index (χ4n) is 11.7. The number of aliphatic hydroxyl groups excluding tert-OH is 2. The second-order valence-corrected chi connectivity index (χ2v) is 23.2. The lowest BCUT2D eigenvalue weighted by molar-refractivity contribution is -0.432. The lowest BCUT2D eigenvalue weighted by Gasteiger charge is -2.48. The van der Waals surface area contributed by atoms with E-state index in [9.17, 15) is 36.2 Å². The van der Waals surface area contributed by atoms with Crippen LogP contribution >= 0.6 is 24.1 Å². The Hall–Kier alpha value is -0.680. The second kappa shape index (κ2) is 19.8. The number of aliphatic hydroxyl groups is 2. The maximum absolute atomic E-state index is 12.6. The van der Waals surface area contributed by atoms with Gasteiger partial charge in [0.05, 0.1) is 34.8 Å². The molecule has 0 aromatic heterocycles. The summed E-state index contributed by atoms with van der Waals surface area (Å²) >= 11 is 1.66. The third kappa shape index (κ3) is 10.7. The van der Waals surface area contributed by atoms with E-state index >= 15 is 0 Å². The van der Waals surface area contributed by atoms with Crippen molar-refractivity contribution in [2.24, 2.45) is 79.3 Å². The standard InChI is InChI=1S/C34H60N6O14S4/c1-15-7-17(3-5-25(15)37-39-31-27(56-54-52-44)11-20-10-22(57(45,46)47)14-24(36)30(20)33(31)41)18-4-6-26(16(2)8-18)38-40-32-28(58(48,49)50)12-19-9-21(55-53-51-43)13-23(35)29(19)34(32)42/h15-34,41-44H,3-14,35-36H2,1-2H3,(H,45,46,47)(H,48,49,50). The van der Waals surface area contributed by atoms with Crippen LogP contribution in [0.1, 0.15) is 90.9 Å². The van der Waals surface area contributed by atoms with Gasteiger partial charge >= 0.3 is 0 Å². The molecule has 0 aliphatic heterocycles. The molecule has 10 N–H and O–H groups in total. The fraction of sp³-hybridized carbons (Fsp3) is 1.00. The Morgan fingerprint density at radius 1 is 0.586 bits per heavy atom. The van der Waals surface area contributed by atoms with Gasteiger partial charge in [0.15, 0.2) is 0 Å². The molecule has 0 bridgehead atoms. The normalized spacial score (nSPS) is 46.9. The minimum atomic E-state index is -4.58. The molecule has 0 saturated heterocycles. The van der Waals surface area contributed by atoms with Crippen LogP contribution in [-0.2, 0) is 39.0 Å². The summed E-state index contributed by atoms with van der Waals surface area (Å²) in [7, 11) is -8.89. The highest BCUT2D eigenvalue weighted by atomic mass is 32.2. The van der Waals surface area contributed by atoms with Crippen LogP contribution in [-0.4, -0.2) is 116 Å². The number of azo groups is 2. The van der Waals surface area contributed by atoms with Crippen molar-refractivity contribution in [1.82, 2.24) is 0 Å². The Kier molecular flexibility index (Phi) is 16.0. The zero-order chi connectivity index (χ0) is 42.1. The first-order valence-electron chi connectivity index (χ1n) is 20.3. The molecule has 20 nitrogen and oxygen atoms in total. The second-order valence-electron chi connectivity index (χ2n) is 17.9. The van der Waals surface area contributed by atoms with Crippen LogP contribution in [0.25, 0.3) is 0 Å². The zero-order valence-corrected chi connectivity index (χ0v) is 35.8. The highest BCUT2D eigenvalue weighted by Gasteiger charge is 2.54. The van der Waals surface area contributed by atoms with Crippen molar-refractivity contribution in [3.63, 3.8) is 0 Å². The number of hydrogen-bond donors (Lipinski definition) is 8. The Bertz CT molecular complexity index is 1650. The van der Waals surface area contributed by atoms with Crippen molar-refractivity contribution in [2.45, 2.75) is 160 Å².